The molecule has 0 unspecified atom stereocenters. The molecule has 1 aliphatic heterocycles. The van der Waals surface area contributed by atoms with Crippen molar-refractivity contribution in [3.05, 3.63) is 0 Å². The van der Waals surface area contributed by atoms with Crippen LogP contribution in [0.1, 0.15) is 57.9 Å². The molecule has 1 saturated heterocycles. The zero-order valence-electron chi connectivity index (χ0n) is 28.9. The third-order valence-electron chi connectivity index (χ3n) is 3.00. The Labute approximate surface area is 317 Å². The Kier molecular flexibility index (Phi) is 54.5. The van der Waals surface area contributed by atoms with Crippen molar-refractivity contribution >= 4 is 69.9 Å². The lowest BCUT2D eigenvalue weighted by molar-refractivity contribution is 0.0799. The van der Waals surface area contributed by atoms with Crippen LogP contribution in [0.5, 0.6) is 0 Å². The summed E-state index contributed by atoms with van der Waals surface area (Å²) in [6.45, 7) is 22.5. The van der Waals surface area contributed by atoms with Gasteiger partial charge in [0, 0.05) is 59.1 Å². The molecule has 0 aromatic rings. The first-order chi connectivity index (χ1) is 19.4. The molecule has 20 nitrogen and oxygen atoms in total. The highest BCUT2D eigenvalue weighted by Gasteiger charge is 2.58. The van der Waals surface area contributed by atoms with Crippen molar-refractivity contribution in [1.82, 2.24) is 0 Å². The zero-order chi connectivity index (χ0) is 37.8. The summed E-state index contributed by atoms with van der Waals surface area (Å²) in [6, 6.07) is 0. The van der Waals surface area contributed by atoms with E-state index in [0.717, 1.165) is 26.3 Å². The summed E-state index contributed by atoms with van der Waals surface area (Å²) in [6.07, 6.45) is 5.40. The Balaban J connectivity index is -0.0000000444. The van der Waals surface area contributed by atoms with Crippen LogP contribution in [-0.2, 0) is 29.7 Å². The Morgan fingerprint density at radius 1 is 0.510 bits per heavy atom. The van der Waals surface area contributed by atoms with Gasteiger partial charge in [0.2, 0.25) is 0 Å². The molecule has 0 aromatic heterocycles. The van der Waals surface area contributed by atoms with Crippen molar-refractivity contribution in [2.24, 2.45) is 0 Å². The normalized spacial score (nSPS) is 23.7. The number of terminal acetylenes is 1. The molecule has 1 heterocycles. The van der Waals surface area contributed by atoms with Crippen LogP contribution in [0.4, 0.5) is 0 Å². The first-order valence-electron chi connectivity index (χ1n) is 13.2. The third kappa shape index (κ3) is 89.1. The van der Waals surface area contributed by atoms with Crippen LogP contribution < -0.4 is 0 Å². The number of hydrogen-bond donors (Lipinski definition) is 12. The third-order valence-corrected chi connectivity index (χ3v) is 18.1. The van der Waals surface area contributed by atoms with Gasteiger partial charge >= 0.3 is 69.9 Å². The highest BCUT2D eigenvalue weighted by atomic mass is 28.5. The summed E-state index contributed by atoms with van der Waals surface area (Å²) in [5.74, 6) is 0. The number of rotatable bonds is 6. The maximum absolute atomic E-state index is 9.74. The molecule has 28 heteroatoms. The van der Waals surface area contributed by atoms with Crippen molar-refractivity contribution in [2.75, 3.05) is 19.8 Å². The van der Waals surface area contributed by atoms with Crippen LogP contribution in [0.15, 0.2) is 0 Å². The predicted molar refractivity (Wildman–Crippen MR) is 216 cm³/mol. The van der Waals surface area contributed by atoms with E-state index in [2.05, 4.69) is 19.5 Å². The summed E-state index contributed by atoms with van der Waals surface area (Å²) < 4.78 is 35.5. The van der Waals surface area contributed by atoms with Gasteiger partial charge in [0.1, 0.15) is 6.11 Å². The smallest absolute Gasteiger partial charge is 0.462 e. The first kappa shape index (κ1) is 79.9. The number of aliphatic hydroxyl groups excluding tert-OH is 1. The summed E-state index contributed by atoms with van der Waals surface area (Å²) in [4.78, 5) is 94.5. The molecule has 14 N–H and O–H groups in total. The predicted octanol–water partition coefficient (Wildman–Crippen LogP) is 0.158. The summed E-state index contributed by atoms with van der Waals surface area (Å²) in [5, 5.41) is 7.10. The van der Waals surface area contributed by atoms with E-state index in [0.29, 0.717) is 6.61 Å². The molecule has 0 amide bonds. The fourth-order valence-electron chi connectivity index (χ4n) is 2.58. The molecular formula is C23H80O20Si8. The quantitative estimate of drug-likeness (QED) is 0.125. The monoisotopic (exact) mass is 900 g/mol. The van der Waals surface area contributed by atoms with E-state index < -0.39 is 69.9 Å². The van der Waals surface area contributed by atoms with Crippen LogP contribution in [0.3, 0.4) is 0 Å². The van der Waals surface area contributed by atoms with E-state index in [1.165, 1.54) is 32.3 Å². The topological polar surface area (TPSA) is 339 Å². The van der Waals surface area contributed by atoms with Crippen molar-refractivity contribution in [2.45, 2.75) is 123 Å². The van der Waals surface area contributed by atoms with Crippen LogP contribution in [0.25, 0.3) is 0 Å². The van der Waals surface area contributed by atoms with Gasteiger partial charge in [0.25, 0.3) is 0 Å². The van der Waals surface area contributed by atoms with Gasteiger partial charge in [-0.3, -0.25) is 0 Å². The second-order valence-corrected chi connectivity index (χ2v) is 31.1. The average Bonchev–Trinajstić information content (AvgIpc) is 2.60. The Morgan fingerprint density at radius 3 is 0.725 bits per heavy atom. The lowest BCUT2D eigenvalue weighted by Gasteiger charge is -2.40. The summed E-state index contributed by atoms with van der Waals surface area (Å²) >= 11 is 0. The van der Waals surface area contributed by atoms with Crippen molar-refractivity contribution in [3.8, 4) is 12.5 Å². The highest BCUT2D eigenvalue weighted by Crippen LogP contribution is 2.25. The van der Waals surface area contributed by atoms with Gasteiger partial charge in [-0.1, -0.05) is 43.6 Å². The number of hydrogen-bond acceptors (Lipinski definition) is 19. The van der Waals surface area contributed by atoms with E-state index >= 15 is 0 Å². The maximum atomic E-state index is 9.74. The maximum Gasteiger partial charge on any atom is 0.489 e. The van der Waals surface area contributed by atoms with Gasteiger partial charge in [-0.25, -0.2) is 0 Å². The van der Waals surface area contributed by atoms with Gasteiger partial charge in [0.05, 0.1) is 0 Å². The SMILES string of the molecule is C.C.C.C.C.C#CO.CCO[Si](C)(C)O.CCO[Si](C)(C)OCC.C[Si](O)(O)O.C[Si](O)(O)O.C[Si]1(O)O[Si](C)(O)O[Si](C)(O)O[Si](C)(O)O1.O. The van der Waals surface area contributed by atoms with Crippen molar-refractivity contribution < 1.29 is 93.1 Å². The van der Waals surface area contributed by atoms with Crippen molar-refractivity contribution in [1.29, 1.82) is 0 Å². The zero-order valence-corrected chi connectivity index (χ0v) is 36.9. The minimum Gasteiger partial charge on any atom is -0.462 e. The molecule has 51 heavy (non-hydrogen) atoms. The number of aliphatic hydroxyl groups is 1. The highest BCUT2D eigenvalue weighted by molar-refractivity contribution is 6.86. The largest absolute Gasteiger partial charge is 0.489 e. The molecule has 1 rings (SSSR count). The molecule has 0 spiro atoms. The van der Waals surface area contributed by atoms with Gasteiger partial charge < -0.3 is 93.1 Å². The molecule has 1 aliphatic rings. The van der Waals surface area contributed by atoms with E-state index in [-0.39, 0.29) is 42.6 Å². The van der Waals surface area contributed by atoms with E-state index in [1.807, 2.05) is 20.8 Å². The Hall–Kier alpha value is 0.335. The molecule has 324 valence electrons. The Bertz CT molecular complexity index is 681. The molecule has 0 aromatic carbocycles. The molecule has 0 atom stereocenters. The van der Waals surface area contributed by atoms with E-state index in [4.69, 9.17) is 68.4 Å². The minimum atomic E-state index is -3.72. The lowest BCUT2D eigenvalue weighted by Crippen LogP contribution is -2.68. The lowest BCUT2D eigenvalue weighted by atomic mass is 10.9. The first-order valence-corrected chi connectivity index (χ1v) is 32.6. The average molecular weight is 902 g/mol. The summed E-state index contributed by atoms with van der Waals surface area (Å²) in [5.41, 5.74) is 0. The molecule has 0 saturated carbocycles. The Morgan fingerprint density at radius 2 is 0.647 bits per heavy atom. The second-order valence-electron chi connectivity index (χ2n) is 10.2. The fraction of sp³-hybridized carbons (Fsp3) is 0.913. The fourth-order valence-corrected chi connectivity index (χ4v) is 18.2. The van der Waals surface area contributed by atoms with Crippen LogP contribution in [0.2, 0.25) is 65.5 Å². The molecule has 0 bridgehead atoms. The van der Waals surface area contributed by atoms with Gasteiger partial charge in [0.15, 0.2) is 0 Å². The molecule has 0 radical (unpaired) electrons. The van der Waals surface area contributed by atoms with E-state index in [1.54, 1.807) is 13.1 Å². The molecule has 0 aliphatic carbocycles. The van der Waals surface area contributed by atoms with E-state index in [9.17, 15) is 19.2 Å². The standard InChI is InChI=1S/C6H16O2Si.C4H16O8Si4.C4H12O2Si.C2H2O.2CH6O3Si.5CH4.H2O/c1-5-7-9(3,4)8-6-2;1-13(5)9-14(2,6)11-16(4,8)12-15(3,7)10-13;1-4-6-7(2,3)5;1-2-3;2*1-5(2,3)4;;;;;;/h5-6H2,1-4H3;5-8H,1-4H3;5H,4H2,1-3H3;1,3H;2*2-4H,1H3;5*1H4;1H2. The van der Waals surface area contributed by atoms with Crippen LogP contribution in [-0.4, -0.2) is 153 Å². The molecule has 1 fully saturated rings. The summed E-state index contributed by atoms with van der Waals surface area (Å²) in [7, 11) is -26.0. The van der Waals surface area contributed by atoms with Crippen LogP contribution >= 0.6 is 0 Å². The van der Waals surface area contributed by atoms with Crippen LogP contribution in [0, 0.1) is 12.5 Å². The van der Waals surface area contributed by atoms with Gasteiger partial charge in [-0.05, 0) is 47.0 Å². The van der Waals surface area contributed by atoms with Crippen molar-refractivity contribution in [3.63, 3.8) is 0 Å². The van der Waals surface area contributed by atoms with Gasteiger partial charge in [-0.2, -0.15) is 0 Å². The minimum absolute atomic E-state index is 0. The second kappa shape index (κ2) is 34.8. The van der Waals surface area contributed by atoms with Gasteiger partial charge in [-0.15, -0.1) is 0 Å². The molecular weight excluding hydrogens is 821 g/mol.